The third-order valence-corrected chi connectivity index (χ3v) is 8.70. The number of thiazole rings is 1. The molecule has 0 N–H and O–H groups in total. The van der Waals surface area contributed by atoms with Crippen LogP contribution in [0.1, 0.15) is 36.9 Å². The van der Waals surface area contributed by atoms with E-state index < -0.39 is 10.0 Å². The van der Waals surface area contributed by atoms with Gasteiger partial charge in [0.2, 0.25) is 10.0 Å². The molecule has 3 aromatic rings. The van der Waals surface area contributed by atoms with Crippen molar-refractivity contribution < 1.29 is 8.42 Å². The lowest BCUT2D eigenvalue weighted by atomic mass is 10.2. The van der Waals surface area contributed by atoms with Gasteiger partial charge in [0.15, 0.2) is 5.16 Å². The molecule has 0 bridgehead atoms. The molecule has 1 aliphatic heterocycles. The minimum absolute atomic E-state index is 0.342. The molecule has 1 aromatic carbocycles. The van der Waals surface area contributed by atoms with E-state index in [2.05, 4.69) is 21.9 Å². The van der Waals surface area contributed by atoms with Gasteiger partial charge in [-0.3, -0.25) is 0 Å². The molecule has 0 atom stereocenters. The highest BCUT2D eigenvalue weighted by molar-refractivity contribution is 7.98. The van der Waals surface area contributed by atoms with Crippen LogP contribution in [0.25, 0.3) is 11.0 Å². The maximum absolute atomic E-state index is 13.0. The van der Waals surface area contributed by atoms with Gasteiger partial charge in [-0.2, -0.15) is 4.31 Å². The number of rotatable bonds is 6. The summed E-state index contributed by atoms with van der Waals surface area (Å²) in [6.45, 7) is 6.09. The number of benzene rings is 1. The molecule has 0 amide bonds. The van der Waals surface area contributed by atoms with Crippen molar-refractivity contribution in [2.24, 2.45) is 0 Å². The third-order valence-electron chi connectivity index (χ3n) is 4.97. The minimum atomic E-state index is -3.45. The van der Waals surface area contributed by atoms with Gasteiger partial charge >= 0.3 is 0 Å². The summed E-state index contributed by atoms with van der Waals surface area (Å²) in [7, 11) is -3.45. The molecule has 3 heterocycles. The predicted octanol–water partition coefficient (Wildman–Crippen LogP) is 4.29. The fraction of sp³-hybridized carbons (Fsp3) is 0.474. The van der Waals surface area contributed by atoms with Gasteiger partial charge in [-0.1, -0.05) is 18.2 Å². The molecule has 1 fully saturated rings. The van der Waals surface area contributed by atoms with Crippen LogP contribution in [-0.4, -0.2) is 40.3 Å². The fourth-order valence-electron chi connectivity index (χ4n) is 3.53. The Morgan fingerprint density at radius 3 is 2.64 bits per heavy atom. The molecule has 4 rings (SSSR count). The van der Waals surface area contributed by atoms with Crippen LogP contribution in [0, 0.1) is 6.92 Å². The van der Waals surface area contributed by atoms with Gasteiger partial charge in [-0.05, 0) is 44.9 Å². The zero-order valence-corrected chi connectivity index (χ0v) is 18.5. The standard InChI is InChI=1S/C19H24N4O2S3/c1-3-23-18-8-7-16(28(24,25)22-9-5-4-6-10-22)11-17(18)21-19(23)27-13-15-12-26-14(2)20-15/h7-8,11-12H,3-6,9-10,13H2,1-2H3. The molecule has 0 saturated carbocycles. The molecule has 1 saturated heterocycles. The van der Waals surface area contributed by atoms with Crippen molar-refractivity contribution in [2.45, 2.75) is 55.5 Å². The van der Waals surface area contributed by atoms with E-state index in [1.165, 1.54) is 0 Å². The van der Waals surface area contributed by atoms with E-state index in [1.807, 2.05) is 13.0 Å². The Balaban J connectivity index is 1.64. The SMILES string of the molecule is CCn1c(SCc2csc(C)n2)nc2cc(S(=O)(=O)N3CCCCC3)ccc21. The van der Waals surface area contributed by atoms with E-state index in [-0.39, 0.29) is 0 Å². The van der Waals surface area contributed by atoms with Crippen molar-refractivity contribution >= 4 is 44.2 Å². The average Bonchev–Trinajstić information content (AvgIpc) is 3.28. The highest BCUT2D eigenvalue weighted by Gasteiger charge is 2.26. The molecule has 6 nitrogen and oxygen atoms in total. The fourth-order valence-corrected chi connectivity index (χ4v) is 6.76. The highest BCUT2D eigenvalue weighted by Crippen LogP contribution is 2.29. The summed E-state index contributed by atoms with van der Waals surface area (Å²) in [6.07, 6.45) is 2.97. The Labute approximate surface area is 174 Å². The van der Waals surface area contributed by atoms with Gasteiger partial charge in [-0.25, -0.2) is 18.4 Å². The van der Waals surface area contributed by atoms with Crippen LogP contribution in [0.5, 0.6) is 0 Å². The monoisotopic (exact) mass is 436 g/mol. The smallest absolute Gasteiger partial charge is 0.243 e. The number of hydrogen-bond donors (Lipinski definition) is 0. The van der Waals surface area contributed by atoms with Crippen LogP contribution >= 0.6 is 23.1 Å². The summed E-state index contributed by atoms with van der Waals surface area (Å²) in [4.78, 5) is 9.59. The molecule has 0 aliphatic carbocycles. The Morgan fingerprint density at radius 1 is 1.18 bits per heavy atom. The minimum Gasteiger partial charge on any atom is -0.319 e. The van der Waals surface area contributed by atoms with Gasteiger partial charge in [-0.15, -0.1) is 11.3 Å². The molecule has 2 aromatic heterocycles. The zero-order chi connectivity index (χ0) is 19.7. The Bertz CT molecular complexity index is 1080. The number of sulfonamides is 1. The lowest BCUT2D eigenvalue weighted by molar-refractivity contribution is 0.346. The quantitative estimate of drug-likeness (QED) is 0.539. The first kappa shape index (κ1) is 19.9. The lowest BCUT2D eigenvalue weighted by Gasteiger charge is -2.25. The van der Waals surface area contributed by atoms with Crippen LogP contribution in [0.3, 0.4) is 0 Å². The first-order valence-electron chi connectivity index (χ1n) is 9.53. The summed E-state index contributed by atoms with van der Waals surface area (Å²) in [6, 6.07) is 5.33. The molecule has 0 radical (unpaired) electrons. The number of nitrogens with zero attached hydrogens (tertiary/aromatic N) is 4. The third kappa shape index (κ3) is 3.85. The van der Waals surface area contributed by atoms with E-state index >= 15 is 0 Å². The second-order valence-corrected chi connectivity index (χ2v) is 10.8. The van der Waals surface area contributed by atoms with Crippen molar-refractivity contribution in [2.75, 3.05) is 13.1 Å². The molecule has 28 heavy (non-hydrogen) atoms. The largest absolute Gasteiger partial charge is 0.319 e. The number of aromatic nitrogens is 3. The highest BCUT2D eigenvalue weighted by atomic mass is 32.2. The maximum atomic E-state index is 13.0. The van der Waals surface area contributed by atoms with E-state index in [0.29, 0.717) is 18.0 Å². The van der Waals surface area contributed by atoms with Crippen LogP contribution in [0.2, 0.25) is 0 Å². The van der Waals surface area contributed by atoms with Crippen molar-refractivity contribution in [3.63, 3.8) is 0 Å². The molecule has 9 heteroatoms. The van der Waals surface area contributed by atoms with Crippen LogP contribution in [0.4, 0.5) is 0 Å². The lowest BCUT2D eigenvalue weighted by Crippen LogP contribution is -2.35. The van der Waals surface area contributed by atoms with Crippen molar-refractivity contribution in [3.8, 4) is 0 Å². The predicted molar refractivity (Wildman–Crippen MR) is 114 cm³/mol. The van der Waals surface area contributed by atoms with E-state index in [4.69, 9.17) is 4.98 Å². The number of piperidine rings is 1. The van der Waals surface area contributed by atoms with Gasteiger partial charge in [0.05, 0.1) is 26.6 Å². The average molecular weight is 437 g/mol. The Morgan fingerprint density at radius 2 is 1.96 bits per heavy atom. The van der Waals surface area contributed by atoms with Crippen molar-refractivity contribution in [1.29, 1.82) is 0 Å². The number of aryl methyl sites for hydroxylation is 2. The van der Waals surface area contributed by atoms with Gasteiger partial charge in [0.25, 0.3) is 0 Å². The molecular formula is C19H24N4O2S3. The number of thioether (sulfide) groups is 1. The van der Waals surface area contributed by atoms with Gasteiger partial charge in [0, 0.05) is 30.8 Å². The number of imidazole rings is 1. The first-order valence-corrected chi connectivity index (χ1v) is 12.8. The van der Waals surface area contributed by atoms with Crippen LogP contribution in [0.15, 0.2) is 33.6 Å². The second-order valence-electron chi connectivity index (χ2n) is 6.90. The van der Waals surface area contributed by atoms with Gasteiger partial charge < -0.3 is 4.57 Å². The number of hydrogen-bond acceptors (Lipinski definition) is 6. The summed E-state index contributed by atoms with van der Waals surface area (Å²) in [5, 5.41) is 4.03. The van der Waals surface area contributed by atoms with Crippen molar-refractivity contribution in [3.05, 3.63) is 34.3 Å². The van der Waals surface area contributed by atoms with Crippen LogP contribution in [-0.2, 0) is 22.3 Å². The topological polar surface area (TPSA) is 68.1 Å². The Kier molecular flexibility index (Phi) is 5.78. The summed E-state index contributed by atoms with van der Waals surface area (Å²) in [5.74, 6) is 0.757. The van der Waals surface area contributed by atoms with Crippen LogP contribution < -0.4 is 0 Å². The molecule has 0 unspecified atom stereocenters. The normalized spacial score (nSPS) is 16.1. The summed E-state index contributed by atoms with van der Waals surface area (Å²) >= 11 is 3.29. The second kappa shape index (κ2) is 8.14. The number of fused-ring (bicyclic) bond motifs is 1. The Hall–Kier alpha value is -1.42. The summed E-state index contributed by atoms with van der Waals surface area (Å²) in [5.41, 5.74) is 2.75. The van der Waals surface area contributed by atoms with E-state index in [0.717, 1.165) is 58.5 Å². The zero-order valence-electron chi connectivity index (χ0n) is 16.1. The van der Waals surface area contributed by atoms with E-state index in [9.17, 15) is 8.42 Å². The van der Waals surface area contributed by atoms with E-state index in [1.54, 1.807) is 39.5 Å². The maximum Gasteiger partial charge on any atom is 0.243 e. The molecule has 0 spiro atoms. The molecule has 150 valence electrons. The molecular weight excluding hydrogens is 412 g/mol. The first-order chi connectivity index (χ1) is 13.5. The van der Waals surface area contributed by atoms with Gasteiger partial charge in [0.1, 0.15) is 0 Å². The molecule has 1 aliphatic rings. The van der Waals surface area contributed by atoms with Crippen molar-refractivity contribution in [1.82, 2.24) is 18.8 Å². The summed E-state index contributed by atoms with van der Waals surface area (Å²) < 4.78 is 29.7.